The van der Waals surface area contributed by atoms with E-state index in [4.69, 9.17) is 18.9 Å². The third-order valence-corrected chi connectivity index (χ3v) is 6.07. The van der Waals surface area contributed by atoms with E-state index in [1.807, 2.05) is 54.6 Å². The Kier molecular flexibility index (Phi) is 6.86. The van der Waals surface area contributed by atoms with Crippen LogP contribution in [0.2, 0.25) is 0 Å². The van der Waals surface area contributed by atoms with Crippen molar-refractivity contribution in [3.63, 3.8) is 0 Å². The molecule has 0 amide bonds. The van der Waals surface area contributed by atoms with E-state index in [-0.39, 0.29) is 0 Å². The van der Waals surface area contributed by atoms with Gasteiger partial charge in [0.15, 0.2) is 0 Å². The van der Waals surface area contributed by atoms with E-state index in [9.17, 15) is 0 Å². The summed E-state index contributed by atoms with van der Waals surface area (Å²) in [5.74, 6) is 2.92. The summed E-state index contributed by atoms with van der Waals surface area (Å²) in [6.45, 7) is 0. The van der Waals surface area contributed by atoms with Gasteiger partial charge in [0, 0.05) is 27.6 Å². The molecule has 0 bridgehead atoms. The molecule has 0 aliphatic heterocycles. The first-order chi connectivity index (χ1) is 16.1. The highest BCUT2D eigenvalue weighted by Gasteiger charge is 2.27. The van der Waals surface area contributed by atoms with Crippen LogP contribution in [-0.2, 0) is 0 Å². The van der Waals surface area contributed by atoms with Crippen molar-refractivity contribution < 1.29 is 18.9 Å². The lowest BCUT2D eigenvalue weighted by atomic mass is 9.87. The van der Waals surface area contributed by atoms with E-state index < -0.39 is 0 Å². The summed E-state index contributed by atoms with van der Waals surface area (Å²) in [6, 6.07) is 26.2. The van der Waals surface area contributed by atoms with Crippen molar-refractivity contribution in [3.8, 4) is 56.4 Å². The highest BCUT2D eigenvalue weighted by molar-refractivity contribution is 7.27. The second kappa shape index (κ2) is 9.97. The number of ether oxygens (including phenoxy) is 4. The molecule has 1 unspecified atom stereocenters. The Morgan fingerprint density at radius 2 is 0.939 bits per heavy atom. The Bertz CT molecular complexity index is 1250. The number of hydrogen-bond acceptors (Lipinski definition) is 4. The van der Waals surface area contributed by atoms with Gasteiger partial charge < -0.3 is 18.9 Å². The van der Waals surface area contributed by atoms with Crippen LogP contribution in [-0.4, -0.2) is 28.4 Å². The topological polar surface area (TPSA) is 36.9 Å². The van der Waals surface area contributed by atoms with E-state index in [0.717, 1.165) is 50.2 Å². The van der Waals surface area contributed by atoms with Crippen molar-refractivity contribution >= 4 is 14.5 Å². The molecule has 33 heavy (non-hydrogen) atoms. The number of benzene rings is 4. The minimum atomic E-state index is 0.711. The first-order valence-corrected chi connectivity index (χ1v) is 11.1. The molecule has 4 aromatic carbocycles. The standard InChI is InChI=1S/C28H27O4P/c1-29-20-15-16-21(30-2)26(24(20)18-11-7-5-8-12-18)27-22(31-3)17-23(33)28(32-4)25(27)19-13-9-6-10-14-19/h5-17H,33H2,1-4H3. The average molecular weight is 458 g/mol. The second-order valence-corrected chi connectivity index (χ2v) is 8.03. The molecule has 0 aliphatic carbocycles. The zero-order valence-corrected chi connectivity index (χ0v) is 20.4. The Morgan fingerprint density at radius 1 is 0.485 bits per heavy atom. The van der Waals surface area contributed by atoms with E-state index in [1.165, 1.54) is 0 Å². The summed E-state index contributed by atoms with van der Waals surface area (Å²) in [5, 5.41) is 0.903. The van der Waals surface area contributed by atoms with Gasteiger partial charge in [0.2, 0.25) is 0 Å². The summed E-state index contributed by atoms with van der Waals surface area (Å²) in [4.78, 5) is 0. The van der Waals surface area contributed by atoms with Gasteiger partial charge in [-0.1, -0.05) is 60.7 Å². The third-order valence-electron chi connectivity index (χ3n) is 5.64. The van der Waals surface area contributed by atoms with Crippen LogP contribution in [0.1, 0.15) is 0 Å². The van der Waals surface area contributed by atoms with Crippen LogP contribution in [0.3, 0.4) is 0 Å². The molecule has 0 heterocycles. The number of hydrogen-bond donors (Lipinski definition) is 0. The molecule has 0 aromatic heterocycles. The summed E-state index contributed by atoms with van der Waals surface area (Å²) in [5.41, 5.74) is 5.62. The Morgan fingerprint density at radius 3 is 1.42 bits per heavy atom. The molecular formula is C28H27O4P. The van der Waals surface area contributed by atoms with Crippen LogP contribution in [0.5, 0.6) is 23.0 Å². The molecule has 0 saturated carbocycles. The fourth-order valence-corrected chi connectivity index (χ4v) is 4.63. The molecule has 0 N–H and O–H groups in total. The van der Waals surface area contributed by atoms with Gasteiger partial charge in [0.1, 0.15) is 23.0 Å². The molecule has 0 spiro atoms. The van der Waals surface area contributed by atoms with Gasteiger partial charge in [-0.25, -0.2) is 0 Å². The Labute approximate surface area is 197 Å². The molecule has 4 rings (SSSR count). The maximum absolute atomic E-state index is 5.94. The molecular weight excluding hydrogens is 431 g/mol. The average Bonchev–Trinajstić information content (AvgIpc) is 2.88. The molecule has 4 aromatic rings. The zero-order chi connectivity index (χ0) is 23.4. The molecule has 1 atom stereocenters. The normalized spacial score (nSPS) is 10.6. The minimum Gasteiger partial charge on any atom is -0.496 e. The van der Waals surface area contributed by atoms with E-state index >= 15 is 0 Å². The van der Waals surface area contributed by atoms with Crippen LogP contribution in [0.15, 0.2) is 78.9 Å². The van der Waals surface area contributed by atoms with Gasteiger partial charge in [0.05, 0.1) is 28.4 Å². The molecule has 168 valence electrons. The van der Waals surface area contributed by atoms with Crippen molar-refractivity contribution in [2.75, 3.05) is 28.4 Å². The predicted molar refractivity (Wildman–Crippen MR) is 138 cm³/mol. The van der Waals surface area contributed by atoms with Crippen molar-refractivity contribution in [2.24, 2.45) is 0 Å². The fraction of sp³-hybridized carbons (Fsp3) is 0.143. The molecule has 0 radical (unpaired) electrons. The van der Waals surface area contributed by atoms with Crippen LogP contribution < -0.4 is 24.3 Å². The summed E-state index contributed by atoms with van der Waals surface area (Å²) in [7, 11) is 9.48. The first kappa shape index (κ1) is 22.7. The monoisotopic (exact) mass is 458 g/mol. The van der Waals surface area contributed by atoms with Gasteiger partial charge in [-0.05, 0) is 29.3 Å². The van der Waals surface area contributed by atoms with Gasteiger partial charge in [-0.2, -0.15) is 0 Å². The largest absolute Gasteiger partial charge is 0.496 e. The second-order valence-electron chi connectivity index (χ2n) is 7.40. The highest BCUT2D eigenvalue weighted by Crippen LogP contribution is 2.53. The maximum Gasteiger partial charge on any atom is 0.134 e. The van der Waals surface area contributed by atoms with Crippen LogP contribution in [0, 0.1) is 0 Å². The van der Waals surface area contributed by atoms with E-state index in [2.05, 4.69) is 33.5 Å². The molecule has 0 fully saturated rings. The van der Waals surface area contributed by atoms with Gasteiger partial charge >= 0.3 is 0 Å². The maximum atomic E-state index is 5.94. The van der Waals surface area contributed by atoms with Crippen LogP contribution in [0.4, 0.5) is 0 Å². The third kappa shape index (κ3) is 4.15. The van der Waals surface area contributed by atoms with Crippen LogP contribution in [0.25, 0.3) is 33.4 Å². The zero-order valence-electron chi connectivity index (χ0n) is 19.2. The van der Waals surface area contributed by atoms with E-state index in [0.29, 0.717) is 11.5 Å². The lowest BCUT2D eigenvalue weighted by molar-refractivity contribution is 0.402. The lowest BCUT2D eigenvalue weighted by Gasteiger charge is -2.24. The van der Waals surface area contributed by atoms with Gasteiger partial charge in [-0.15, -0.1) is 9.24 Å². The van der Waals surface area contributed by atoms with Crippen LogP contribution >= 0.6 is 9.24 Å². The summed E-state index contributed by atoms with van der Waals surface area (Å²) >= 11 is 0. The smallest absolute Gasteiger partial charge is 0.134 e. The molecule has 4 nitrogen and oxygen atoms in total. The fourth-order valence-electron chi connectivity index (χ4n) is 4.21. The Balaban J connectivity index is 2.23. The summed E-state index contributed by atoms with van der Waals surface area (Å²) in [6.07, 6.45) is 0. The first-order valence-electron chi connectivity index (χ1n) is 10.5. The van der Waals surface area contributed by atoms with E-state index in [1.54, 1.807) is 28.4 Å². The van der Waals surface area contributed by atoms with Crippen molar-refractivity contribution in [2.45, 2.75) is 0 Å². The van der Waals surface area contributed by atoms with Gasteiger partial charge in [0.25, 0.3) is 0 Å². The van der Waals surface area contributed by atoms with Crippen molar-refractivity contribution in [3.05, 3.63) is 78.9 Å². The molecule has 0 aliphatic rings. The molecule has 0 saturated heterocycles. The number of rotatable bonds is 7. The van der Waals surface area contributed by atoms with Crippen molar-refractivity contribution in [1.29, 1.82) is 0 Å². The lowest BCUT2D eigenvalue weighted by Crippen LogP contribution is -2.06. The number of methoxy groups -OCH3 is 4. The molecule has 5 heteroatoms. The Hall–Kier alpha value is -3.49. The summed E-state index contributed by atoms with van der Waals surface area (Å²) < 4.78 is 23.6. The highest BCUT2D eigenvalue weighted by atomic mass is 31.0. The SMILES string of the molecule is COc1ccc(OC)c(-c2c(OC)cc(P)c(OC)c2-c2ccccc2)c1-c1ccccc1. The van der Waals surface area contributed by atoms with Gasteiger partial charge in [-0.3, -0.25) is 0 Å². The quantitative estimate of drug-likeness (QED) is 0.308. The predicted octanol–water partition coefficient (Wildman–Crippen LogP) is 6.22. The van der Waals surface area contributed by atoms with Crippen molar-refractivity contribution in [1.82, 2.24) is 0 Å². The minimum absolute atomic E-state index is 0.711.